The van der Waals surface area contributed by atoms with E-state index in [-0.39, 0.29) is 6.10 Å². The van der Waals surface area contributed by atoms with Gasteiger partial charge in [-0.3, -0.25) is 0 Å². The maximum absolute atomic E-state index is 9.84. The Kier molecular flexibility index (Phi) is 8.62. The third-order valence-corrected chi connectivity index (χ3v) is 5.08. The third-order valence-electron chi connectivity index (χ3n) is 5.08. The molecule has 0 saturated carbocycles. The van der Waals surface area contributed by atoms with Gasteiger partial charge in [-0.25, -0.2) is 0 Å². The van der Waals surface area contributed by atoms with E-state index >= 15 is 0 Å². The van der Waals surface area contributed by atoms with Crippen LogP contribution >= 0.6 is 0 Å². The molecule has 2 rings (SSSR count). The molecule has 136 valence electrons. The Balaban J connectivity index is 1.59. The molecule has 1 aromatic carbocycles. The third kappa shape index (κ3) is 6.10. The molecule has 0 bridgehead atoms. The van der Waals surface area contributed by atoms with Crippen molar-refractivity contribution in [1.82, 2.24) is 5.32 Å². The van der Waals surface area contributed by atoms with Gasteiger partial charge in [0, 0.05) is 6.04 Å². The highest BCUT2D eigenvalue weighted by Crippen LogP contribution is 2.33. The summed E-state index contributed by atoms with van der Waals surface area (Å²) >= 11 is 0. The van der Waals surface area contributed by atoms with Crippen LogP contribution in [0.2, 0.25) is 0 Å². The Morgan fingerprint density at radius 3 is 2.88 bits per heavy atom. The van der Waals surface area contributed by atoms with Crippen molar-refractivity contribution in [2.45, 2.75) is 83.8 Å². The Hall–Kier alpha value is -1.06. The summed E-state index contributed by atoms with van der Waals surface area (Å²) in [5.41, 5.74) is 2.33. The fraction of sp³-hybridized carbons (Fsp3) is 0.714. The minimum Gasteiger partial charge on any atom is -0.494 e. The summed E-state index contributed by atoms with van der Waals surface area (Å²) in [5.74, 6) is 0.939. The predicted octanol–water partition coefficient (Wildman–Crippen LogP) is 4.77. The summed E-state index contributed by atoms with van der Waals surface area (Å²) in [6.45, 7) is 6.31. The number of nitrogens with one attached hydrogen (secondary N) is 1. The van der Waals surface area contributed by atoms with Crippen molar-refractivity contribution in [3.8, 4) is 5.75 Å². The fourth-order valence-electron chi connectivity index (χ4n) is 3.50. The number of aliphatic hydroxyl groups is 1. The maximum atomic E-state index is 9.84. The van der Waals surface area contributed by atoms with Crippen LogP contribution in [0.5, 0.6) is 5.75 Å². The molecular weight excluding hydrogens is 298 g/mol. The normalized spacial score (nSPS) is 17.7. The van der Waals surface area contributed by atoms with Crippen LogP contribution < -0.4 is 10.1 Å². The van der Waals surface area contributed by atoms with Gasteiger partial charge in [0.25, 0.3) is 0 Å². The number of aryl methyl sites for hydroxylation is 1. The van der Waals surface area contributed by atoms with Gasteiger partial charge in [0.2, 0.25) is 0 Å². The molecule has 0 radical (unpaired) electrons. The van der Waals surface area contributed by atoms with Gasteiger partial charge in [0.05, 0.1) is 12.7 Å². The zero-order chi connectivity index (χ0) is 17.2. The summed E-state index contributed by atoms with van der Waals surface area (Å²) < 4.78 is 5.87. The van der Waals surface area contributed by atoms with E-state index in [4.69, 9.17) is 4.74 Å². The smallest absolute Gasteiger partial charge is 0.119 e. The second-order valence-electron chi connectivity index (χ2n) is 7.03. The minimum atomic E-state index is -0.276. The minimum absolute atomic E-state index is 0.276. The van der Waals surface area contributed by atoms with Crippen molar-refractivity contribution in [1.29, 1.82) is 0 Å². The van der Waals surface area contributed by atoms with Crippen LogP contribution in [0.3, 0.4) is 0 Å². The SMILES string of the molecule is CCCCCCC(CC)NCCCOc1ccc2c(c1)CCC2O. The summed E-state index contributed by atoms with van der Waals surface area (Å²) in [7, 11) is 0. The monoisotopic (exact) mass is 333 g/mol. The summed E-state index contributed by atoms with van der Waals surface area (Å²) in [4.78, 5) is 0. The summed E-state index contributed by atoms with van der Waals surface area (Å²) in [6, 6.07) is 6.76. The van der Waals surface area contributed by atoms with Crippen LogP contribution in [-0.2, 0) is 6.42 Å². The maximum Gasteiger partial charge on any atom is 0.119 e. The highest BCUT2D eigenvalue weighted by atomic mass is 16.5. The molecule has 0 amide bonds. The van der Waals surface area contributed by atoms with E-state index in [2.05, 4.69) is 25.2 Å². The topological polar surface area (TPSA) is 41.5 Å². The Morgan fingerprint density at radius 1 is 1.21 bits per heavy atom. The van der Waals surface area contributed by atoms with Crippen LogP contribution in [0.4, 0.5) is 0 Å². The molecule has 0 spiro atoms. The molecule has 3 heteroatoms. The van der Waals surface area contributed by atoms with E-state index in [1.165, 1.54) is 44.1 Å². The van der Waals surface area contributed by atoms with Crippen LogP contribution in [0.15, 0.2) is 18.2 Å². The first kappa shape index (κ1) is 19.3. The Bertz CT molecular complexity index is 475. The first-order chi connectivity index (χ1) is 11.7. The lowest BCUT2D eigenvalue weighted by Crippen LogP contribution is -2.30. The quantitative estimate of drug-likeness (QED) is 0.541. The van der Waals surface area contributed by atoms with Crippen molar-refractivity contribution in [2.24, 2.45) is 0 Å². The van der Waals surface area contributed by atoms with Gasteiger partial charge < -0.3 is 15.2 Å². The fourth-order valence-corrected chi connectivity index (χ4v) is 3.50. The zero-order valence-corrected chi connectivity index (χ0v) is 15.5. The molecule has 0 fully saturated rings. The lowest BCUT2D eigenvalue weighted by molar-refractivity contribution is 0.180. The van der Waals surface area contributed by atoms with E-state index < -0.39 is 0 Å². The van der Waals surface area contributed by atoms with Crippen molar-refractivity contribution < 1.29 is 9.84 Å². The van der Waals surface area contributed by atoms with Crippen LogP contribution in [0, 0.1) is 0 Å². The number of fused-ring (bicyclic) bond motifs is 1. The van der Waals surface area contributed by atoms with Gasteiger partial charge in [-0.15, -0.1) is 0 Å². The summed E-state index contributed by atoms with van der Waals surface area (Å²) in [5, 5.41) is 13.5. The molecule has 2 N–H and O–H groups in total. The number of benzene rings is 1. The lowest BCUT2D eigenvalue weighted by Gasteiger charge is -2.17. The van der Waals surface area contributed by atoms with E-state index in [1.807, 2.05) is 12.1 Å². The second-order valence-corrected chi connectivity index (χ2v) is 7.03. The standard InChI is InChI=1S/C21H35NO2/c1-3-5-6-7-9-18(4-2)22-14-8-15-24-19-11-12-20-17(16-19)10-13-21(20)23/h11-12,16,18,21-23H,3-10,13-15H2,1-2H3. The molecule has 3 nitrogen and oxygen atoms in total. The van der Waals surface area contributed by atoms with Crippen LogP contribution in [-0.4, -0.2) is 24.3 Å². The average molecular weight is 334 g/mol. The molecule has 24 heavy (non-hydrogen) atoms. The number of hydrogen-bond donors (Lipinski definition) is 2. The van der Waals surface area contributed by atoms with Crippen molar-refractivity contribution >= 4 is 0 Å². The van der Waals surface area contributed by atoms with Gasteiger partial charge in [-0.1, -0.05) is 45.6 Å². The van der Waals surface area contributed by atoms with E-state index in [0.717, 1.165) is 43.7 Å². The molecular formula is C21H35NO2. The number of rotatable bonds is 12. The summed E-state index contributed by atoms with van der Waals surface area (Å²) in [6.07, 6.45) is 10.5. The number of ether oxygens (including phenoxy) is 1. The number of unbranched alkanes of at least 4 members (excludes halogenated alkanes) is 3. The molecule has 1 aliphatic rings. The highest BCUT2D eigenvalue weighted by Gasteiger charge is 2.20. The molecule has 0 aromatic heterocycles. The second kappa shape index (κ2) is 10.7. The van der Waals surface area contributed by atoms with Crippen molar-refractivity contribution in [3.63, 3.8) is 0 Å². The van der Waals surface area contributed by atoms with Crippen molar-refractivity contribution in [2.75, 3.05) is 13.2 Å². The van der Waals surface area contributed by atoms with Crippen LogP contribution in [0.1, 0.15) is 82.4 Å². The van der Waals surface area contributed by atoms with Gasteiger partial charge in [-0.2, -0.15) is 0 Å². The number of aliphatic hydroxyl groups excluding tert-OH is 1. The average Bonchev–Trinajstić information content (AvgIpc) is 2.97. The van der Waals surface area contributed by atoms with E-state index in [1.54, 1.807) is 0 Å². The van der Waals surface area contributed by atoms with Gasteiger partial charge in [-0.05, 0) is 61.9 Å². The first-order valence-corrected chi connectivity index (χ1v) is 9.91. The molecule has 2 unspecified atom stereocenters. The highest BCUT2D eigenvalue weighted by molar-refractivity contribution is 5.39. The first-order valence-electron chi connectivity index (χ1n) is 9.91. The zero-order valence-electron chi connectivity index (χ0n) is 15.5. The van der Waals surface area contributed by atoms with Gasteiger partial charge in [0.15, 0.2) is 0 Å². The molecule has 2 atom stereocenters. The molecule has 1 aliphatic carbocycles. The Morgan fingerprint density at radius 2 is 2.08 bits per heavy atom. The molecule has 0 aliphatic heterocycles. The van der Waals surface area contributed by atoms with E-state index in [0.29, 0.717) is 6.04 Å². The lowest BCUT2D eigenvalue weighted by atomic mass is 10.1. The van der Waals surface area contributed by atoms with E-state index in [9.17, 15) is 5.11 Å². The molecule has 1 aromatic rings. The Labute approximate surface area is 147 Å². The number of hydrogen-bond acceptors (Lipinski definition) is 3. The van der Waals surface area contributed by atoms with Gasteiger partial charge >= 0.3 is 0 Å². The van der Waals surface area contributed by atoms with Crippen LogP contribution in [0.25, 0.3) is 0 Å². The largest absolute Gasteiger partial charge is 0.494 e. The predicted molar refractivity (Wildman–Crippen MR) is 101 cm³/mol. The van der Waals surface area contributed by atoms with Gasteiger partial charge in [0.1, 0.15) is 5.75 Å². The van der Waals surface area contributed by atoms with Crippen molar-refractivity contribution in [3.05, 3.63) is 29.3 Å². The molecule has 0 heterocycles. The molecule has 0 saturated heterocycles.